The lowest BCUT2D eigenvalue weighted by Gasteiger charge is -2.26. The molecule has 1 aliphatic heterocycles. The smallest absolute Gasteiger partial charge is 0.155 e. The van der Waals surface area contributed by atoms with Gasteiger partial charge in [-0.3, -0.25) is 0 Å². The lowest BCUT2D eigenvalue weighted by Crippen LogP contribution is -2.19. The Morgan fingerprint density at radius 1 is 1.00 bits per heavy atom. The molecule has 92 valence electrons. The van der Waals surface area contributed by atoms with Crippen molar-refractivity contribution in [2.45, 2.75) is 58.8 Å². The summed E-state index contributed by atoms with van der Waals surface area (Å²) in [6, 6.07) is 2.27. The first-order valence-corrected chi connectivity index (χ1v) is 6.27. The molecular weight excluding hydrogens is 208 g/mol. The van der Waals surface area contributed by atoms with E-state index in [1.54, 1.807) is 0 Å². The maximum absolute atomic E-state index is 4.70. The fourth-order valence-electron chi connectivity index (χ4n) is 2.14. The molecule has 2 nitrogen and oxygen atoms in total. The maximum Gasteiger partial charge on any atom is 0.155 e. The highest BCUT2D eigenvalue weighted by Crippen LogP contribution is 2.36. The Morgan fingerprint density at radius 2 is 1.65 bits per heavy atom. The van der Waals surface area contributed by atoms with Crippen LogP contribution in [0.15, 0.2) is 11.1 Å². The molecule has 0 spiro atoms. The molecule has 0 saturated carbocycles. The van der Waals surface area contributed by atoms with Crippen molar-refractivity contribution in [2.24, 2.45) is 4.99 Å². The van der Waals surface area contributed by atoms with Gasteiger partial charge in [0.1, 0.15) is 0 Å². The normalized spacial score (nSPS) is 15.2. The first kappa shape index (κ1) is 12.3. The van der Waals surface area contributed by atoms with Gasteiger partial charge in [0.25, 0.3) is 0 Å². The summed E-state index contributed by atoms with van der Waals surface area (Å²) >= 11 is 0. The van der Waals surface area contributed by atoms with Gasteiger partial charge >= 0.3 is 0 Å². The number of nitrogens with zero attached hydrogens (tertiary/aromatic N) is 2. The van der Waals surface area contributed by atoms with Crippen LogP contribution >= 0.6 is 0 Å². The van der Waals surface area contributed by atoms with Crippen molar-refractivity contribution in [3.63, 3.8) is 0 Å². The zero-order valence-corrected chi connectivity index (χ0v) is 11.8. The van der Waals surface area contributed by atoms with E-state index < -0.39 is 0 Å². The molecule has 2 rings (SSSR count). The van der Waals surface area contributed by atoms with Gasteiger partial charge in [0.2, 0.25) is 0 Å². The van der Waals surface area contributed by atoms with E-state index in [0.29, 0.717) is 0 Å². The minimum Gasteiger partial charge on any atom is -0.241 e. The third kappa shape index (κ3) is 2.26. The number of pyridine rings is 1. The Hall–Kier alpha value is -1.18. The molecular formula is C15H22N2. The molecule has 0 aliphatic carbocycles. The first-order chi connectivity index (χ1) is 7.69. The average Bonchev–Trinajstić information content (AvgIpc) is 2.59. The summed E-state index contributed by atoms with van der Waals surface area (Å²) in [4.78, 5) is 9.11. The van der Waals surface area contributed by atoms with Crippen LogP contribution in [0.2, 0.25) is 0 Å². The van der Waals surface area contributed by atoms with Crippen molar-refractivity contribution in [1.82, 2.24) is 4.98 Å². The van der Waals surface area contributed by atoms with Gasteiger partial charge in [-0.05, 0) is 17.0 Å². The minimum atomic E-state index is 0.0765. The van der Waals surface area contributed by atoms with Crippen molar-refractivity contribution in [1.29, 1.82) is 0 Å². The van der Waals surface area contributed by atoms with E-state index in [1.807, 2.05) is 6.21 Å². The molecule has 0 fully saturated rings. The molecule has 1 aromatic heterocycles. The quantitative estimate of drug-likeness (QED) is 0.663. The van der Waals surface area contributed by atoms with Gasteiger partial charge in [-0.25, -0.2) is 9.98 Å². The van der Waals surface area contributed by atoms with E-state index in [2.05, 4.69) is 52.6 Å². The summed E-state index contributed by atoms with van der Waals surface area (Å²) < 4.78 is 0. The van der Waals surface area contributed by atoms with Crippen LogP contribution in [0.3, 0.4) is 0 Å². The molecule has 0 saturated heterocycles. The Balaban J connectivity index is 2.65. The molecule has 0 aromatic carbocycles. The molecule has 0 N–H and O–H groups in total. The summed E-state index contributed by atoms with van der Waals surface area (Å²) in [5.41, 5.74) is 4.07. The summed E-state index contributed by atoms with van der Waals surface area (Å²) in [7, 11) is 0. The number of aromatic nitrogens is 1. The summed E-state index contributed by atoms with van der Waals surface area (Å²) in [6.07, 6.45) is 2.90. The molecule has 0 radical (unpaired) electrons. The fraction of sp³-hybridized carbons (Fsp3) is 0.600. The van der Waals surface area contributed by atoms with Crippen molar-refractivity contribution in [2.75, 3.05) is 0 Å². The van der Waals surface area contributed by atoms with Crippen LogP contribution in [-0.2, 0) is 17.3 Å². The summed E-state index contributed by atoms with van der Waals surface area (Å²) in [6.45, 7) is 13.4. The van der Waals surface area contributed by atoms with E-state index in [0.717, 1.165) is 17.9 Å². The zero-order chi connectivity index (χ0) is 12.8. The maximum atomic E-state index is 4.70. The second-order valence-electron chi connectivity index (χ2n) is 6.87. The van der Waals surface area contributed by atoms with Crippen molar-refractivity contribution in [3.05, 3.63) is 22.9 Å². The Morgan fingerprint density at radius 3 is 2.18 bits per heavy atom. The Bertz CT molecular complexity index is 471. The van der Waals surface area contributed by atoms with Crippen molar-refractivity contribution >= 4 is 12.0 Å². The van der Waals surface area contributed by atoms with E-state index in [9.17, 15) is 0 Å². The van der Waals surface area contributed by atoms with Crippen LogP contribution in [0.25, 0.3) is 0 Å². The van der Waals surface area contributed by atoms with Gasteiger partial charge in [-0.15, -0.1) is 0 Å². The third-order valence-corrected chi connectivity index (χ3v) is 3.19. The SMILES string of the molecule is CC(C)(C)c1cc(C(C)(C)C)c2c(n1)N=CC2. The van der Waals surface area contributed by atoms with Gasteiger partial charge in [0.15, 0.2) is 5.82 Å². The second-order valence-corrected chi connectivity index (χ2v) is 6.87. The van der Waals surface area contributed by atoms with E-state index >= 15 is 0 Å². The standard InChI is InChI=1S/C15H22N2/c1-14(2,3)11-9-12(15(4,5)6)17-13-10(11)7-8-16-13/h8-9H,7H2,1-6H3. The number of hydrogen-bond donors (Lipinski definition) is 0. The monoisotopic (exact) mass is 230 g/mol. The van der Waals surface area contributed by atoms with Crippen LogP contribution in [0, 0.1) is 0 Å². The van der Waals surface area contributed by atoms with Gasteiger partial charge < -0.3 is 0 Å². The Labute approximate surface area is 104 Å². The third-order valence-electron chi connectivity index (χ3n) is 3.19. The number of rotatable bonds is 0. The molecule has 1 aliphatic rings. The van der Waals surface area contributed by atoms with Crippen molar-refractivity contribution in [3.8, 4) is 0 Å². The van der Waals surface area contributed by atoms with Gasteiger partial charge in [0, 0.05) is 29.3 Å². The molecule has 17 heavy (non-hydrogen) atoms. The lowest BCUT2D eigenvalue weighted by atomic mass is 9.80. The van der Waals surface area contributed by atoms with Crippen LogP contribution in [0.1, 0.15) is 58.4 Å². The molecule has 0 atom stereocenters. The number of hydrogen-bond acceptors (Lipinski definition) is 2. The second kappa shape index (κ2) is 3.66. The molecule has 0 unspecified atom stereocenters. The highest BCUT2D eigenvalue weighted by Gasteiger charge is 2.26. The highest BCUT2D eigenvalue weighted by atomic mass is 14.9. The highest BCUT2D eigenvalue weighted by molar-refractivity contribution is 5.75. The first-order valence-electron chi connectivity index (χ1n) is 6.27. The number of aliphatic imine (C=N–C) groups is 1. The van der Waals surface area contributed by atoms with E-state index in [1.165, 1.54) is 11.1 Å². The van der Waals surface area contributed by atoms with Crippen LogP contribution in [0.4, 0.5) is 5.82 Å². The largest absolute Gasteiger partial charge is 0.241 e. The fourth-order valence-corrected chi connectivity index (χ4v) is 2.14. The molecule has 0 amide bonds. The van der Waals surface area contributed by atoms with E-state index in [-0.39, 0.29) is 10.8 Å². The predicted molar refractivity (Wildman–Crippen MR) is 73.5 cm³/mol. The lowest BCUT2D eigenvalue weighted by molar-refractivity contribution is 0.551. The molecule has 1 aromatic rings. The molecule has 2 heterocycles. The number of fused-ring (bicyclic) bond motifs is 1. The summed E-state index contributed by atoms with van der Waals surface area (Å²) in [5.74, 6) is 0.933. The predicted octanol–water partition coefficient (Wildman–Crippen LogP) is 3.94. The van der Waals surface area contributed by atoms with Gasteiger partial charge in [-0.1, -0.05) is 41.5 Å². The molecule has 0 bridgehead atoms. The minimum absolute atomic E-state index is 0.0765. The summed E-state index contributed by atoms with van der Waals surface area (Å²) in [5, 5.41) is 0. The van der Waals surface area contributed by atoms with Crippen LogP contribution in [-0.4, -0.2) is 11.2 Å². The van der Waals surface area contributed by atoms with Gasteiger partial charge in [-0.2, -0.15) is 0 Å². The molecule has 2 heteroatoms. The average molecular weight is 230 g/mol. The van der Waals surface area contributed by atoms with Crippen LogP contribution < -0.4 is 0 Å². The zero-order valence-electron chi connectivity index (χ0n) is 11.8. The van der Waals surface area contributed by atoms with E-state index in [4.69, 9.17) is 4.98 Å². The Kier molecular flexibility index (Phi) is 2.64. The van der Waals surface area contributed by atoms with Crippen molar-refractivity contribution < 1.29 is 0 Å². The van der Waals surface area contributed by atoms with Gasteiger partial charge in [0.05, 0.1) is 0 Å². The van der Waals surface area contributed by atoms with Crippen LogP contribution in [0.5, 0.6) is 0 Å². The topological polar surface area (TPSA) is 25.2 Å².